The lowest BCUT2D eigenvalue weighted by Crippen LogP contribution is -2.30. The summed E-state index contributed by atoms with van der Waals surface area (Å²) in [6.07, 6.45) is 6.51. The first kappa shape index (κ1) is 23.4. The second-order valence-electron chi connectivity index (χ2n) is 7.06. The van der Waals surface area contributed by atoms with Crippen molar-refractivity contribution in [2.45, 2.75) is 38.3 Å². The molecule has 1 aliphatic carbocycles. The molecule has 1 amide bonds. The van der Waals surface area contributed by atoms with Crippen molar-refractivity contribution in [1.82, 2.24) is 14.7 Å². The second kappa shape index (κ2) is 11.3. The van der Waals surface area contributed by atoms with Crippen LogP contribution in [-0.2, 0) is 20.9 Å². The number of anilines is 1. The molecule has 1 aliphatic rings. The van der Waals surface area contributed by atoms with Gasteiger partial charge in [0.15, 0.2) is 0 Å². The third-order valence-corrected chi connectivity index (χ3v) is 4.82. The standard InChI is InChI=1S/C18H23ClN4O.C2H2O4/c1-22(12-14-6-8-15(19)9-7-14)13-18(24)21-17-10-11-20-23(17)16-4-2-3-5-16;3-1(4)2(5)6/h6-11,16H,2-5,12-13H2,1H3,(H,21,24);(H,3,4)(H,5,6). The van der Waals surface area contributed by atoms with Gasteiger partial charge in [-0.3, -0.25) is 9.69 Å². The molecule has 3 rings (SSSR count). The number of likely N-dealkylation sites (N-methyl/N-ethyl adjacent to an activating group) is 1. The van der Waals surface area contributed by atoms with Crippen LogP contribution >= 0.6 is 11.6 Å². The Morgan fingerprint density at radius 1 is 1.13 bits per heavy atom. The number of hydrogen-bond acceptors (Lipinski definition) is 5. The van der Waals surface area contributed by atoms with Gasteiger partial charge in [0.05, 0.1) is 18.8 Å². The van der Waals surface area contributed by atoms with Crippen molar-refractivity contribution in [2.24, 2.45) is 0 Å². The average Bonchev–Trinajstić information content (AvgIpc) is 3.35. The van der Waals surface area contributed by atoms with E-state index in [2.05, 4.69) is 10.4 Å². The Morgan fingerprint density at radius 3 is 2.30 bits per heavy atom. The number of carbonyl (C=O) groups is 3. The van der Waals surface area contributed by atoms with Crippen LogP contribution in [0.15, 0.2) is 36.5 Å². The molecule has 30 heavy (non-hydrogen) atoms. The van der Waals surface area contributed by atoms with Crippen molar-refractivity contribution < 1.29 is 24.6 Å². The monoisotopic (exact) mass is 436 g/mol. The van der Waals surface area contributed by atoms with E-state index in [1.165, 1.54) is 12.8 Å². The minimum Gasteiger partial charge on any atom is -0.473 e. The summed E-state index contributed by atoms with van der Waals surface area (Å²) >= 11 is 5.89. The number of rotatable bonds is 6. The fraction of sp³-hybridized carbons (Fsp3) is 0.400. The molecule has 1 aromatic heterocycles. The summed E-state index contributed by atoms with van der Waals surface area (Å²) in [5.74, 6) is -2.87. The molecule has 162 valence electrons. The topological polar surface area (TPSA) is 125 Å². The van der Waals surface area contributed by atoms with Crippen LogP contribution in [0, 0.1) is 0 Å². The first-order valence-electron chi connectivity index (χ1n) is 9.49. The van der Waals surface area contributed by atoms with E-state index in [9.17, 15) is 4.79 Å². The van der Waals surface area contributed by atoms with E-state index in [0.29, 0.717) is 19.1 Å². The Hall–Kier alpha value is -2.91. The zero-order chi connectivity index (χ0) is 22.1. The molecule has 0 atom stereocenters. The van der Waals surface area contributed by atoms with Gasteiger partial charge in [-0.05, 0) is 37.6 Å². The SMILES string of the molecule is CN(CC(=O)Nc1ccnn1C1CCCC1)Cc1ccc(Cl)cc1.O=C(O)C(=O)O. The van der Waals surface area contributed by atoms with Crippen LogP contribution in [0.3, 0.4) is 0 Å². The van der Waals surface area contributed by atoms with Gasteiger partial charge in [-0.25, -0.2) is 14.3 Å². The largest absolute Gasteiger partial charge is 0.473 e. The molecular formula is C20H25ClN4O5. The van der Waals surface area contributed by atoms with Crippen LogP contribution in [0.25, 0.3) is 0 Å². The maximum absolute atomic E-state index is 12.3. The smallest absolute Gasteiger partial charge is 0.414 e. The van der Waals surface area contributed by atoms with Crippen LogP contribution in [-0.4, -0.2) is 56.3 Å². The van der Waals surface area contributed by atoms with E-state index in [1.54, 1.807) is 6.20 Å². The summed E-state index contributed by atoms with van der Waals surface area (Å²) in [7, 11) is 1.93. The fourth-order valence-electron chi connectivity index (χ4n) is 3.24. The summed E-state index contributed by atoms with van der Waals surface area (Å²) in [6, 6.07) is 9.98. The lowest BCUT2D eigenvalue weighted by atomic mass is 10.2. The molecule has 1 heterocycles. The lowest BCUT2D eigenvalue weighted by Gasteiger charge is -2.18. The van der Waals surface area contributed by atoms with E-state index in [0.717, 1.165) is 29.2 Å². The summed E-state index contributed by atoms with van der Waals surface area (Å²) in [5.41, 5.74) is 1.13. The Bertz CT molecular complexity index is 850. The van der Waals surface area contributed by atoms with Gasteiger partial charge in [0.1, 0.15) is 5.82 Å². The quantitative estimate of drug-likeness (QED) is 0.594. The third-order valence-electron chi connectivity index (χ3n) is 4.57. The van der Waals surface area contributed by atoms with Crippen molar-refractivity contribution in [3.63, 3.8) is 0 Å². The molecule has 0 bridgehead atoms. The number of aliphatic carboxylic acids is 2. The molecular weight excluding hydrogens is 412 g/mol. The number of halogens is 1. The number of amides is 1. The van der Waals surface area contributed by atoms with Crippen LogP contribution in [0.1, 0.15) is 37.3 Å². The molecule has 0 radical (unpaired) electrons. The number of nitrogens with one attached hydrogen (secondary N) is 1. The molecule has 1 aromatic carbocycles. The number of carboxylic acids is 2. The number of nitrogens with zero attached hydrogens (tertiary/aromatic N) is 3. The Kier molecular flexibility index (Phi) is 8.82. The molecule has 9 nitrogen and oxygen atoms in total. The van der Waals surface area contributed by atoms with Crippen molar-refractivity contribution in [1.29, 1.82) is 0 Å². The van der Waals surface area contributed by atoms with Crippen molar-refractivity contribution in [3.05, 3.63) is 47.1 Å². The summed E-state index contributed by atoms with van der Waals surface area (Å²) in [5, 5.41) is 22.9. The third kappa shape index (κ3) is 7.49. The van der Waals surface area contributed by atoms with Crippen molar-refractivity contribution in [3.8, 4) is 0 Å². The Labute approximate surface area is 179 Å². The highest BCUT2D eigenvalue weighted by Crippen LogP contribution is 2.31. The molecule has 0 aliphatic heterocycles. The highest BCUT2D eigenvalue weighted by atomic mass is 35.5. The van der Waals surface area contributed by atoms with Crippen molar-refractivity contribution in [2.75, 3.05) is 18.9 Å². The first-order chi connectivity index (χ1) is 14.3. The average molecular weight is 437 g/mol. The number of benzene rings is 1. The Morgan fingerprint density at radius 2 is 1.73 bits per heavy atom. The number of aromatic nitrogens is 2. The predicted molar refractivity (Wildman–Crippen MR) is 111 cm³/mol. The minimum atomic E-state index is -1.82. The molecule has 2 aromatic rings. The van der Waals surface area contributed by atoms with Gasteiger partial charge in [-0.1, -0.05) is 36.6 Å². The normalized spacial score (nSPS) is 13.6. The zero-order valence-electron chi connectivity index (χ0n) is 16.6. The van der Waals surface area contributed by atoms with Gasteiger partial charge in [0.25, 0.3) is 0 Å². The maximum Gasteiger partial charge on any atom is 0.414 e. The molecule has 0 saturated heterocycles. The Balaban J connectivity index is 0.000000469. The van der Waals surface area contributed by atoms with Gasteiger partial charge in [-0.2, -0.15) is 5.10 Å². The molecule has 0 spiro atoms. The van der Waals surface area contributed by atoms with Crippen LogP contribution in [0.4, 0.5) is 5.82 Å². The summed E-state index contributed by atoms with van der Waals surface area (Å²) in [4.78, 5) is 32.5. The maximum atomic E-state index is 12.3. The minimum absolute atomic E-state index is 0.0220. The van der Waals surface area contributed by atoms with Gasteiger partial charge in [0.2, 0.25) is 5.91 Å². The van der Waals surface area contributed by atoms with Crippen molar-refractivity contribution >= 4 is 35.3 Å². The fourth-order valence-corrected chi connectivity index (χ4v) is 3.36. The van der Waals surface area contributed by atoms with E-state index >= 15 is 0 Å². The van der Waals surface area contributed by atoms with Crippen LogP contribution < -0.4 is 5.32 Å². The molecule has 1 saturated carbocycles. The molecule has 3 N–H and O–H groups in total. The van der Waals surface area contributed by atoms with E-state index in [4.69, 9.17) is 31.4 Å². The first-order valence-corrected chi connectivity index (χ1v) is 9.86. The van der Waals surface area contributed by atoms with Gasteiger partial charge in [-0.15, -0.1) is 0 Å². The molecule has 1 fully saturated rings. The highest BCUT2D eigenvalue weighted by molar-refractivity contribution is 6.30. The second-order valence-corrected chi connectivity index (χ2v) is 7.49. The number of carboxylic acid groups (broad SMARTS) is 2. The summed E-state index contributed by atoms with van der Waals surface area (Å²) < 4.78 is 1.96. The number of carbonyl (C=O) groups excluding carboxylic acids is 1. The summed E-state index contributed by atoms with van der Waals surface area (Å²) in [6.45, 7) is 1.03. The van der Waals surface area contributed by atoms with E-state index < -0.39 is 11.9 Å². The van der Waals surface area contributed by atoms with Gasteiger partial charge in [0, 0.05) is 17.6 Å². The van der Waals surface area contributed by atoms with Crippen LogP contribution in [0.2, 0.25) is 5.02 Å². The zero-order valence-corrected chi connectivity index (χ0v) is 17.4. The van der Waals surface area contributed by atoms with E-state index in [-0.39, 0.29) is 5.91 Å². The molecule has 10 heteroatoms. The highest BCUT2D eigenvalue weighted by Gasteiger charge is 2.20. The van der Waals surface area contributed by atoms with Crippen LogP contribution in [0.5, 0.6) is 0 Å². The lowest BCUT2D eigenvalue weighted by molar-refractivity contribution is -0.159. The van der Waals surface area contributed by atoms with Gasteiger partial charge < -0.3 is 15.5 Å². The van der Waals surface area contributed by atoms with E-state index in [1.807, 2.05) is 47.0 Å². The molecule has 0 unspecified atom stereocenters. The number of hydrogen-bond donors (Lipinski definition) is 3. The predicted octanol–water partition coefficient (Wildman–Crippen LogP) is 2.88. The van der Waals surface area contributed by atoms with Gasteiger partial charge >= 0.3 is 11.9 Å².